The number of allylic oxidation sites excluding steroid dienone is 2. The average molecular weight is 974 g/mol. The van der Waals surface area contributed by atoms with Crippen LogP contribution in [0.3, 0.4) is 0 Å². The highest BCUT2D eigenvalue weighted by Crippen LogP contribution is 2.58. The second-order valence-electron chi connectivity index (χ2n) is 16.6. The molecule has 3 atom stereocenters. The van der Waals surface area contributed by atoms with Crippen molar-refractivity contribution in [2.24, 2.45) is 11.8 Å². The van der Waals surface area contributed by atoms with Crippen molar-refractivity contribution < 1.29 is 56.8 Å². The number of carbonyl (C=O) groups excluding carboxylic acids is 1. The zero-order valence-electron chi connectivity index (χ0n) is 34.6. The van der Waals surface area contributed by atoms with E-state index < -0.39 is 121 Å². The smallest absolute Gasteiger partial charge is 0.290 e. The van der Waals surface area contributed by atoms with Crippen molar-refractivity contribution >= 4 is 59.8 Å². The molecule has 2 saturated carbocycles. The first-order valence-corrected chi connectivity index (χ1v) is 23.8. The van der Waals surface area contributed by atoms with Crippen LogP contribution in [0.2, 0.25) is 5.02 Å². The van der Waals surface area contributed by atoms with E-state index >= 15 is 8.78 Å². The number of hydrogen-bond acceptors (Lipinski definition) is 9. The van der Waals surface area contributed by atoms with Gasteiger partial charge in [0, 0.05) is 34.9 Å². The molecule has 2 fully saturated rings. The first-order valence-electron chi connectivity index (χ1n) is 20.0. The molecule has 3 aliphatic carbocycles. The van der Waals surface area contributed by atoms with Gasteiger partial charge in [0.15, 0.2) is 15.7 Å². The molecule has 12 nitrogen and oxygen atoms in total. The molecule has 0 spiro atoms. The number of amides is 1. The fourth-order valence-corrected chi connectivity index (χ4v) is 9.68. The largest absolute Gasteiger partial charge is 0.374 e. The zero-order chi connectivity index (χ0) is 47.6. The number of pyridine rings is 1. The molecule has 2 heterocycles. The third-order valence-corrected chi connectivity index (χ3v) is 15.8. The number of hydrogen-bond donors (Lipinski definition) is 4. The number of fused-ring (bicyclic) bond motifs is 2. The minimum atomic E-state index is -4.04. The summed E-state index contributed by atoms with van der Waals surface area (Å²) in [5, 5.41) is 15.9. The maximum Gasteiger partial charge on any atom is 0.290 e. The number of nitrogens with zero attached hydrogens (tertiary/aromatic N) is 3. The number of sulfone groups is 1. The number of rotatable bonds is 16. The van der Waals surface area contributed by atoms with Crippen molar-refractivity contribution in [2.75, 3.05) is 17.5 Å². The minimum Gasteiger partial charge on any atom is -0.374 e. The number of alkyl halides is 6. The molecule has 65 heavy (non-hydrogen) atoms. The Labute approximate surface area is 373 Å². The van der Waals surface area contributed by atoms with Crippen LogP contribution >= 0.6 is 11.6 Å². The second-order valence-corrected chi connectivity index (χ2v) is 21.6. The molecule has 0 saturated heterocycles. The van der Waals surface area contributed by atoms with Gasteiger partial charge in [-0.2, -0.15) is 13.9 Å². The van der Waals surface area contributed by atoms with E-state index in [1.54, 1.807) is 0 Å². The van der Waals surface area contributed by atoms with Crippen LogP contribution in [0.15, 0.2) is 53.7 Å². The van der Waals surface area contributed by atoms with Crippen molar-refractivity contribution in [1.82, 2.24) is 25.4 Å². The molecule has 2 aromatic carbocycles. The van der Waals surface area contributed by atoms with Gasteiger partial charge in [0.05, 0.1) is 45.2 Å². The van der Waals surface area contributed by atoms with Crippen LogP contribution in [0.25, 0.3) is 22.0 Å². The van der Waals surface area contributed by atoms with Crippen LogP contribution in [0.5, 0.6) is 0 Å². The molecular formula is C42H40ClF8N7O5S2. The lowest BCUT2D eigenvalue weighted by Crippen LogP contribution is -2.42. The minimum absolute atomic E-state index is 0.00369. The molecule has 0 unspecified atom stereocenters. The quantitative estimate of drug-likeness (QED) is 0.0505. The highest BCUT2D eigenvalue weighted by Gasteiger charge is 2.61. The second kappa shape index (κ2) is 17.5. The van der Waals surface area contributed by atoms with Gasteiger partial charge >= 0.3 is 0 Å². The van der Waals surface area contributed by atoms with Gasteiger partial charge in [0.25, 0.3) is 18.8 Å². The van der Waals surface area contributed by atoms with Gasteiger partial charge in [0.2, 0.25) is 15.9 Å². The standard InChI is InChI=1S/C42H40ClF8N7O5S2/c1-41(2,64(3,60)61)13-12-23-4-7-25(26-9-11-29(43)34-37(26)58(19-31(46)47)56-40(34)57-65(62,63)24-5-6-24)36(54-23)30(16-20-14-21(44)17-22(45)15-20)55-32(59)18-53-38-33(35(52)39(48)49)27-8-10-28(27)42(38,50)51/h4,7,9,11,14-15,17,24,27-28,30-31,39,52-53H,5-6,8,10,16,18-19H2,1-3H3,(H,55,59)(H,56,57)/t27-,28+,30-/m0/s1. The van der Waals surface area contributed by atoms with Crippen molar-refractivity contribution in [1.29, 1.82) is 5.41 Å². The van der Waals surface area contributed by atoms with Crippen LogP contribution in [0, 0.1) is 40.7 Å². The van der Waals surface area contributed by atoms with E-state index in [-0.39, 0.29) is 62.7 Å². The van der Waals surface area contributed by atoms with Gasteiger partial charge in [-0.3, -0.25) is 19.6 Å². The summed E-state index contributed by atoms with van der Waals surface area (Å²) in [5.41, 5.74) is -3.49. The summed E-state index contributed by atoms with van der Waals surface area (Å²) in [6.07, 6.45) is -5.20. The Morgan fingerprint density at radius 2 is 1.66 bits per heavy atom. The molecule has 0 bridgehead atoms. The van der Waals surface area contributed by atoms with Crippen LogP contribution < -0.4 is 15.4 Å². The third-order valence-electron chi connectivity index (χ3n) is 11.7. The highest BCUT2D eigenvalue weighted by molar-refractivity contribution is 7.93. The number of anilines is 1. The maximum atomic E-state index is 15.6. The SMILES string of the molecule is CC(C)(C#Cc1ccc(-c2ccc(Cl)c3c(NS(=O)(=O)C4CC4)nn(CC(F)F)c23)c([C@H](Cc2cc(F)cc(F)c2)NC(=O)CNC2=C(C(=N)C(F)F)[C@H]3CC[C@H]3C2(F)F)n1)S(C)(=O)=O. The maximum absolute atomic E-state index is 15.6. The van der Waals surface area contributed by atoms with Crippen LogP contribution in [0.4, 0.5) is 40.9 Å². The first-order chi connectivity index (χ1) is 30.3. The van der Waals surface area contributed by atoms with E-state index in [1.165, 1.54) is 38.1 Å². The van der Waals surface area contributed by atoms with E-state index in [9.17, 15) is 48.0 Å². The van der Waals surface area contributed by atoms with E-state index in [2.05, 4.69) is 37.3 Å². The Hall–Kier alpha value is -5.27. The Kier molecular flexibility index (Phi) is 12.8. The van der Waals surface area contributed by atoms with Crippen LogP contribution in [-0.4, -0.2) is 84.8 Å². The topological polar surface area (TPSA) is 176 Å². The summed E-state index contributed by atoms with van der Waals surface area (Å²) in [6.45, 7) is 0.577. The van der Waals surface area contributed by atoms with Gasteiger partial charge in [-0.25, -0.2) is 48.2 Å². The number of carbonyl (C=O) groups is 1. The van der Waals surface area contributed by atoms with Crippen molar-refractivity contribution in [2.45, 2.75) is 87.3 Å². The summed E-state index contributed by atoms with van der Waals surface area (Å²) < 4.78 is 169. The van der Waals surface area contributed by atoms with Gasteiger partial charge < -0.3 is 10.6 Å². The zero-order valence-corrected chi connectivity index (χ0v) is 36.9. The number of sulfonamides is 1. The fourth-order valence-electron chi connectivity index (χ4n) is 7.86. The molecule has 7 rings (SSSR count). The van der Waals surface area contributed by atoms with Gasteiger partial charge in [-0.15, -0.1) is 0 Å². The predicted octanol–water partition coefficient (Wildman–Crippen LogP) is 7.58. The van der Waals surface area contributed by atoms with Crippen molar-refractivity contribution in [3.63, 3.8) is 0 Å². The van der Waals surface area contributed by atoms with Crippen LogP contribution in [0.1, 0.15) is 62.5 Å². The third kappa shape index (κ3) is 9.68. The number of nitrogens with one attached hydrogen (secondary N) is 4. The highest BCUT2D eigenvalue weighted by atomic mass is 35.5. The lowest BCUT2D eigenvalue weighted by atomic mass is 9.71. The number of halogens is 9. The van der Waals surface area contributed by atoms with E-state index in [0.29, 0.717) is 18.9 Å². The Morgan fingerprint density at radius 1 is 1.00 bits per heavy atom. The average Bonchev–Trinajstić information content (AvgIpc) is 3.96. The molecule has 2 aromatic heterocycles. The molecule has 0 radical (unpaired) electrons. The Morgan fingerprint density at radius 3 is 2.25 bits per heavy atom. The monoisotopic (exact) mass is 973 g/mol. The van der Waals surface area contributed by atoms with E-state index in [1.807, 2.05) is 0 Å². The molecule has 4 N–H and O–H groups in total. The van der Waals surface area contributed by atoms with E-state index in [4.69, 9.17) is 17.0 Å². The van der Waals surface area contributed by atoms with Gasteiger partial charge in [-0.05, 0) is 93.7 Å². The van der Waals surface area contributed by atoms with Crippen molar-refractivity contribution in [3.05, 3.63) is 87.3 Å². The van der Waals surface area contributed by atoms with Gasteiger partial charge in [0.1, 0.15) is 34.3 Å². The molecule has 1 amide bonds. The number of aromatic nitrogens is 3. The molecule has 3 aliphatic rings. The molecule has 0 aliphatic heterocycles. The lowest BCUT2D eigenvalue weighted by molar-refractivity contribution is -0.121. The molecule has 348 valence electrons. The van der Waals surface area contributed by atoms with E-state index in [0.717, 1.165) is 23.1 Å². The summed E-state index contributed by atoms with van der Waals surface area (Å²) >= 11 is 6.62. The molecule has 23 heteroatoms. The van der Waals surface area contributed by atoms with Crippen molar-refractivity contribution in [3.8, 4) is 23.0 Å². The normalized spacial score (nSPS) is 18.9. The summed E-state index contributed by atoms with van der Waals surface area (Å²) in [7, 11) is -7.83. The molecular weight excluding hydrogens is 934 g/mol. The number of benzene rings is 2. The van der Waals surface area contributed by atoms with Gasteiger partial charge in [-0.1, -0.05) is 23.6 Å². The fraction of sp³-hybridized carbons (Fsp3) is 0.429. The Balaban J connectivity index is 1.40. The Bertz CT molecular complexity index is 2910. The van der Waals surface area contributed by atoms with Crippen LogP contribution in [-0.2, 0) is 37.6 Å². The summed E-state index contributed by atoms with van der Waals surface area (Å²) in [5.74, 6) is -4.35. The summed E-state index contributed by atoms with van der Waals surface area (Å²) in [6, 6.07) is 6.26. The first kappa shape index (κ1) is 47.7. The molecule has 4 aromatic rings. The predicted molar refractivity (Wildman–Crippen MR) is 226 cm³/mol. The summed E-state index contributed by atoms with van der Waals surface area (Å²) in [4.78, 5) is 18.6. The lowest BCUT2D eigenvalue weighted by Gasteiger charge is -2.35.